The van der Waals surface area contributed by atoms with E-state index in [-0.39, 0.29) is 0 Å². The van der Waals surface area contributed by atoms with E-state index >= 15 is 0 Å². The second kappa shape index (κ2) is 58.9. The number of rotatable bonds is 23. The highest BCUT2D eigenvalue weighted by Crippen LogP contribution is 2.48. The van der Waals surface area contributed by atoms with Crippen LogP contribution in [-0.4, -0.2) is 62.3 Å². The number of benzene rings is 3. The molecule has 1 aliphatic heterocycles. The molecular formula is C95H174N2O. The Morgan fingerprint density at radius 1 is 0.408 bits per heavy atom. The van der Waals surface area contributed by atoms with Crippen LogP contribution in [0.15, 0.2) is 72.8 Å². The maximum absolute atomic E-state index is 5.13. The quantitative estimate of drug-likeness (QED) is 0.0880. The molecule has 3 nitrogen and oxygen atoms in total. The molecule has 0 spiro atoms. The number of nitrogens with zero attached hydrogens (tertiary/aromatic N) is 2. The Labute approximate surface area is 616 Å². The number of ether oxygens (including phenoxy) is 1. The molecule has 1 saturated heterocycles. The molecular weight excluding hydrogens is 1190 g/mol. The average Bonchev–Trinajstić information content (AvgIpc) is 0.839. The summed E-state index contributed by atoms with van der Waals surface area (Å²) in [4.78, 5) is 5.23. The Morgan fingerprint density at radius 2 is 0.776 bits per heavy atom. The van der Waals surface area contributed by atoms with E-state index in [2.05, 4.69) is 228 Å². The molecule has 570 valence electrons. The Balaban J connectivity index is 0.000000555. The third kappa shape index (κ3) is 45.6. The minimum atomic E-state index is 0.619. The number of hydrogen-bond donors (Lipinski definition) is 0. The third-order valence-electron chi connectivity index (χ3n) is 24.4. The monoisotopic (exact) mass is 1360 g/mol. The topological polar surface area (TPSA) is 15.7 Å². The summed E-state index contributed by atoms with van der Waals surface area (Å²) in [6.45, 7) is 57.7. The fourth-order valence-electron chi connectivity index (χ4n) is 15.4. The molecule has 5 saturated carbocycles. The number of unbranched alkanes of at least 4 members (excludes halogenated alkanes) is 2. The molecule has 2 unspecified atom stereocenters. The highest BCUT2D eigenvalue weighted by molar-refractivity contribution is 5.24. The summed E-state index contributed by atoms with van der Waals surface area (Å²) < 4.78 is 5.13. The molecule has 0 aromatic heterocycles. The van der Waals surface area contributed by atoms with Crippen LogP contribution in [0.1, 0.15) is 377 Å². The molecule has 6 fully saturated rings. The molecule has 3 aromatic rings. The van der Waals surface area contributed by atoms with Gasteiger partial charge in [0.2, 0.25) is 0 Å². The first-order valence-electron chi connectivity index (χ1n) is 43.4. The van der Waals surface area contributed by atoms with Gasteiger partial charge < -0.3 is 14.5 Å². The minimum Gasteiger partial charge on any atom is -0.381 e. The van der Waals surface area contributed by atoms with Crippen molar-refractivity contribution in [2.24, 2.45) is 64.1 Å². The first-order chi connectivity index (χ1) is 47.2. The Hall–Kier alpha value is -2.46. The van der Waals surface area contributed by atoms with Gasteiger partial charge in [0, 0.05) is 39.4 Å². The van der Waals surface area contributed by atoms with E-state index in [0.717, 1.165) is 105 Å². The third-order valence-corrected chi connectivity index (χ3v) is 24.4. The first kappa shape index (κ1) is 93.6. The van der Waals surface area contributed by atoms with Gasteiger partial charge in [-0.05, 0) is 208 Å². The predicted molar refractivity (Wildman–Crippen MR) is 444 cm³/mol. The minimum absolute atomic E-state index is 0.619. The number of aryl methyl sites for hydroxylation is 6. The standard InChI is InChI=1S/C15H28.C12H26N2.C12H24.C10H14.C10H20.C10H14.C10H20.C10H14.C6H14O/c1-12-3-7-14(8-4-12)11-15-9-5-13(2)6-10-15;1-3-5-7-13-9-11-14(12-10-13)8-6-4-2;1-10(2)12(5)8-6-11(3,4)7-9-12;1-3-4-10-7-5-9(2)6-8-10;2*1-3-9-5-7-10(4-2)8-6-9;2*1-3-9-6-5-7-10(4-2)8-9;1-3-5-7-6-4-2/h12-15H,3-11H2,1-2H3;3-12H2,1-2H3;10H,6-9H2,1-5H3;5-8H,3-4H2,1-2H3;9-10H,3-8H2,1-2H3;5-8H,3-4H2,1-2H3;9-10H,3-8H2,1-2H3;5-8H,3-4H2,1-2H3;3-6H2,1-2H3. The van der Waals surface area contributed by atoms with Crippen LogP contribution in [0.25, 0.3) is 0 Å². The average molecular weight is 1360 g/mol. The summed E-state index contributed by atoms with van der Waals surface area (Å²) in [5, 5.41) is 0. The zero-order chi connectivity index (χ0) is 72.8. The largest absolute Gasteiger partial charge is 0.381 e. The van der Waals surface area contributed by atoms with Gasteiger partial charge in [-0.2, -0.15) is 0 Å². The summed E-state index contributed by atoms with van der Waals surface area (Å²) in [7, 11) is 0. The molecule has 5 aliphatic carbocycles. The van der Waals surface area contributed by atoms with Gasteiger partial charge in [0.1, 0.15) is 0 Å². The molecule has 3 aromatic carbocycles. The zero-order valence-electron chi connectivity index (χ0n) is 70.2. The van der Waals surface area contributed by atoms with Gasteiger partial charge in [-0.3, -0.25) is 0 Å². The van der Waals surface area contributed by atoms with Gasteiger partial charge in [0.15, 0.2) is 0 Å². The van der Waals surface area contributed by atoms with Gasteiger partial charge >= 0.3 is 0 Å². The van der Waals surface area contributed by atoms with Gasteiger partial charge in [-0.15, -0.1) is 0 Å². The van der Waals surface area contributed by atoms with E-state index in [1.54, 1.807) is 6.42 Å². The molecule has 0 bridgehead atoms. The first-order valence-corrected chi connectivity index (χ1v) is 43.4. The molecule has 6 aliphatic rings. The van der Waals surface area contributed by atoms with Crippen molar-refractivity contribution < 1.29 is 4.74 Å². The van der Waals surface area contributed by atoms with Gasteiger partial charge in [-0.25, -0.2) is 0 Å². The lowest BCUT2D eigenvalue weighted by Gasteiger charge is -2.44. The molecule has 0 N–H and O–H groups in total. The van der Waals surface area contributed by atoms with Crippen LogP contribution in [0.4, 0.5) is 0 Å². The summed E-state index contributed by atoms with van der Waals surface area (Å²) >= 11 is 0. The summed E-state index contributed by atoms with van der Waals surface area (Å²) in [6, 6.07) is 26.4. The van der Waals surface area contributed by atoms with E-state index in [1.165, 1.54) is 265 Å². The molecule has 0 amide bonds. The Bertz CT molecular complexity index is 2060. The van der Waals surface area contributed by atoms with Crippen LogP contribution in [-0.2, 0) is 36.8 Å². The normalized spacial score (nSPS) is 23.4. The lowest BCUT2D eigenvalue weighted by molar-refractivity contribution is 0.0750. The second-order valence-electron chi connectivity index (χ2n) is 33.7. The Kier molecular flexibility index (Phi) is 56.2. The van der Waals surface area contributed by atoms with Crippen LogP contribution >= 0.6 is 0 Å². The van der Waals surface area contributed by atoms with Crippen molar-refractivity contribution >= 4 is 0 Å². The van der Waals surface area contributed by atoms with E-state index in [4.69, 9.17) is 4.74 Å². The zero-order valence-corrected chi connectivity index (χ0v) is 70.2. The number of piperazine rings is 1. The van der Waals surface area contributed by atoms with Crippen molar-refractivity contribution in [1.29, 1.82) is 0 Å². The SMILES string of the molecule is CC(C)C1(C)CCC(C)(C)CC1.CC1CCC(CC2CCC(C)CC2)CC1.CCC1CCC(CC)CC1.CCC1CCCC(CC)C1.CCCCN1CCN(CCCC)CC1.CCCOCCC.CCCc1ccc(C)cc1.CCc1ccc(CC)cc1.CCc1cccc(CC)c1. The van der Waals surface area contributed by atoms with Crippen LogP contribution < -0.4 is 0 Å². The molecule has 0 radical (unpaired) electrons. The van der Waals surface area contributed by atoms with E-state index in [9.17, 15) is 0 Å². The van der Waals surface area contributed by atoms with E-state index in [0.29, 0.717) is 10.8 Å². The lowest BCUT2D eigenvalue weighted by Crippen LogP contribution is -2.46. The van der Waals surface area contributed by atoms with Gasteiger partial charge in [0.25, 0.3) is 0 Å². The van der Waals surface area contributed by atoms with Crippen LogP contribution in [0, 0.1) is 71.0 Å². The smallest absolute Gasteiger partial charge is 0.0463 e. The van der Waals surface area contributed by atoms with Crippen molar-refractivity contribution in [2.75, 3.05) is 52.5 Å². The molecule has 98 heavy (non-hydrogen) atoms. The summed E-state index contributed by atoms with van der Waals surface area (Å²) in [5.74, 6) is 9.37. The highest BCUT2D eigenvalue weighted by atomic mass is 16.5. The van der Waals surface area contributed by atoms with Gasteiger partial charge in [0.05, 0.1) is 0 Å². The van der Waals surface area contributed by atoms with Gasteiger partial charge in [-0.1, -0.05) is 358 Å². The fourth-order valence-corrected chi connectivity index (χ4v) is 15.4. The summed E-state index contributed by atoms with van der Waals surface area (Å²) in [5.41, 5.74) is 9.80. The van der Waals surface area contributed by atoms with Crippen LogP contribution in [0.5, 0.6) is 0 Å². The molecule has 1 heterocycles. The second-order valence-corrected chi connectivity index (χ2v) is 33.7. The maximum Gasteiger partial charge on any atom is 0.0463 e. The van der Waals surface area contributed by atoms with E-state index in [1.807, 2.05) is 0 Å². The van der Waals surface area contributed by atoms with Crippen molar-refractivity contribution in [1.82, 2.24) is 9.80 Å². The molecule has 9 rings (SSSR count). The van der Waals surface area contributed by atoms with Crippen LogP contribution in [0.2, 0.25) is 0 Å². The molecule has 3 heteroatoms. The Morgan fingerprint density at radius 3 is 1.10 bits per heavy atom. The fraction of sp³-hybridized carbons (Fsp3) is 0.811. The maximum atomic E-state index is 5.13. The van der Waals surface area contributed by atoms with Crippen molar-refractivity contribution in [3.63, 3.8) is 0 Å². The van der Waals surface area contributed by atoms with Crippen molar-refractivity contribution in [3.8, 4) is 0 Å². The number of hydrogen-bond acceptors (Lipinski definition) is 3. The predicted octanol–water partition coefficient (Wildman–Crippen LogP) is 29.1. The highest BCUT2D eigenvalue weighted by Gasteiger charge is 2.36. The van der Waals surface area contributed by atoms with Crippen LogP contribution in [0.3, 0.4) is 0 Å². The summed E-state index contributed by atoms with van der Waals surface area (Å²) in [6.07, 6.45) is 51.9. The van der Waals surface area contributed by atoms with Crippen molar-refractivity contribution in [2.45, 2.75) is 383 Å². The lowest BCUT2D eigenvalue weighted by atomic mass is 9.62. The van der Waals surface area contributed by atoms with Crippen molar-refractivity contribution in [3.05, 3.63) is 106 Å². The van der Waals surface area contributed by atoms with E-state index < -0.39 is 0 Å². The molecule has 2 atom stereocenters.